The van der Waals surface area contributed by atoms with E-state index in [0.29, 0.717) is 25.0 Å². The average molecular weight is 1560 g/mol. The van der Waals surface area contributed by atoms with Crippen molar-refractivity contribution >= 4 is 29.8 Å². The zero-order chi connectivity index (χ0) is 73.7. The van der Waals surface area contributed by atoms with Crippen LogP contribution in [0.4, 0.5) is 0 Å². The number of rotatable bonds is 19. The summed E-state index contributed by atoms with van der Waals surface area (Å²) in [5.41, 5.74) is -1.53. The molecule has 0 spiro atoms. The van der Waals surface area contributed by atoms with Gasteiger partial charge in [-0.3, -0.25) is 24.0 Å². The smallest absolute Gasteiger partial charge is 0.312 e. The Balaban J connectivity index is 0. The van der Waals surface area contributed by atoms with Gasteiger partial charge < -0.3 is 23.7 Å². The lowest BCUT2D eigenvalue weighted by molar-refractivity contribution is -0.211. The second-order valence-electron chi connectivity index (χ2n) is 42.5. The largest absolute Gasteiger partial charge is 0.465 e. The van der Waals surface area contributed by atoms with Crippen LogP contribution in [0.2, 0.25) is 0 Å². The van der Waals surface area contributed by atoms with Crippen LogP contribution in [0.1, 0.15) is 451 Å². The SMILES string of the molecule is C.C.C.C.C.C.C.C.C.C.CCC(C)(C)C(=O)OC(C)(C)C12CC3CC(CC(C3)C1)C2.CCC(C)(C)C(=O)OC(C)(C)C12CC3CC(CC1C3)C2.CCC(C)(C)C(=O)OC1(C)C2CC3CC(C2)CC1C3.CCC(C)(C)C(=O)OCC1(C)CCC2CCCCC2C1.CCC(C)(C)C(=O)OCC1(C)CCCC2CCCCC21. The number of carbonyl (C=O) groups excluding carboxylic acids is 5. The summed E-state index contributed by atoms with van der Waals surface area (Å²) in [6, 6.07) is 0. The standard InChI is InChI=1S/C19H32O2.C18H30O2.2C18H32O2.C17H28O2.10CH4/c1-6-17(2,3)16(20)21-18(4,5)19-10-13-7-14(11-19)9-15(8-13)12-19;1-6-16(2,3)15(19)20-17(4,5)18-10-12-7-13(11-18)9-14(18)8-12;1-5-17(2,3)16(19)20-13-18(4)12-8-10-14-9-6-7-11-15(14)18;1-5-17(2,3)16(19)20-13-18(4)11-10-14-8-6-7-9-15(14)12-18;1-5-16(2,3)15(18)19-17(4)13-7-11-6-12(9-13)10-14(17)8-11;;;;;;;;;;/h13-15H,6-12H2,1-5H3;12-14H,6-11H2,1-5H3;2*14-15H,5-13H2,1-4H3;11-14H,5-10H2,1-4H3;10*1H4. The Kier molecular flexibility index (Phi) is 41.4. The fourth-order valence-electron chi connectivity index (χ4n) is 23.7. The molecule has 16 aliphatic rings. The maximum Gasteiger partial charge on any atom is 0.312 e. The number of hydrogen-bond donors (Lipinski definition) is 0. The normalized spacial score (nSPS) is 34.7. The molecule has 16 aliphatic carbocycles. The van der Waals surface area contributed by atoms with Gasteiger partial charge in [0.1, 0.15) is 16.8 Å². The molecule has 654 valence electrons. The Hall–Kier alpha value is -2.65. The van der Waals surface area contributed by atoms with Crippen molar-refractivity contribution in [3.8, 4) is 0 Å². The fourth-order valence-corrected chi connectivity index (χ4v) is 23.7. The minimum atomic E-state index is -0.362. The van der Waals surface area contributed by atoms with Crippen molar-refractivity contribution < 1.29 is 47.7 Å². The van der Waals surface area contributed by atoms with Gasteiger partial charge >= 0.3 is 29.8 Å². The predicted octanol–water partition coefficient (Wildman–Crippen LogP) is 30.0. The van der Waals surface area contributed by atoms with E-state index in [1.54, 1.807) is 0 Å². The molecule has 0 N–H and O–H groups in total. The van der Waals surface area contributed by atoms with Gasteiger partial charge in [-0.1, -0.05) is 181 Å². The Morgan fingerprint density at radius 2 is 0.664 bits per heavy atom. The molecule has 0 aliphatic heterocycles. The Labute approximate surface area is 686 Å². The van der Waals surface area contributed by atoms with Gasteiger partial charge in [0, 0.05) is 21.7 Å². The van der Waals surface area contributed by atoms with Crippen LogP contribution < -0.4 is 0 Å². The minimum Gasteiger partial charge on any atom is -0.465 e. The van der Waals surface area contributed by atoms with Gasteiger partial charge in [0.05, 0.1) is 40.3 Å². The molecule has 8 atom stereocenters. The van der Waals surface area contributed by atoms with Crippen molar-refractivity contribution in [3.63, 3.8) is 0 Å². The van der Waals surface area contributed by atoms with Gasteiger partial charge in [0.15, 0.2) is 0 Å². The molecule has 10 nitrogen and oxygen atoms in total. The molecule has 16 saturated carbocycles. The first-order valence-electron chi connectivity index (χ1n) is 42.5. The van der Waals surface area contributed by atoms with Gasteiger partial charge in [-0.05, 0) is 354 Å². The van der Waals surface area contributed by atoms with E-state index in [9.17, 15) is 24.0 Å². The number of carbonyl (C=O) groups is 5. The molecule has 8 unspecified atom stereocenters. The zero-order valence-electron chi connectivity index (χ0n) is 68.8. The topological polar surface area (TPSA) is 132 Å². The second kappa shape index (κ2) is 41.6. The van der Waals surface area contributed by atoms with Crippen molar-refractivity contribution in [1.82, 2.24) is 0 Å². The summed E-state index contributed by atoms with van der Waals surface area (Å²) in [4.78, 5) is 61.9. The van der Waals surface area contributed by atoms with E-state index in [2.05, 4.69) is 83.1 Å². The maximum atomic E-state index is 12.6. The molecular formula is C100H194O10. The molecule has 16 fully saturated rings. The van der Waals surface area contributed by atoms with E-state index < -0.39 is 0 Å². The van der Waals surface area contributed by atoms with Crippen molar-refractivity contribution in [3.05, 3.63) is 0 Å². The molecule has 0 radical (unpaired) electrons. The molecule has 16 rings (SSSR count). The molecule has 12 bridgehead atoms. The average Bonchev–Trinajstić information content (AvgIpc) is 1.50. The fraction of sp³-hybridized carbons (Fsp3) is 0.950. The van der Waals surface area contributed by atoms with Crippen LogP contribution in [0.3, 0.4) is 0 Å². The maximum absolute atomic E-state index is 12.6. The van der Waals surface area contributed by atoms with E-state index >= 15 is 0 Å². The van der Waals surface area contributed by atoms with Crippen LogP contribution in [-0.4, -0.2) is 59.9 Å². The Morgan fingerprint density at radius 1 is 0.327 bits per heavy atom. The van der Waals surface area contributed by atoms with E-state index in [0.717, 1.165) is 103 Å². The minimum absolute atomic E-state index is 0. The molecule has 0 saturated heterocycles. The summed E-state index contributed by atoms with van der Waals surface area (Å²) in [6.45, 7) is 47.2. The predicted molar refractivity (Wildman–Crippen MR) is 473 cm³/mol. The van der Waals surface area contributed by atoms with Gasteiger partial charge in [-0.2, -0.15) is 0 Å². The number of hydrogen-bond acceptors (Lipinski definition) is 10. The van der Waals surface area contributed by atoms with Gasteiger partial charge in [0.2, 0.25) is 0 Å². The van der Waals surface area contributed by atoms with E-state index in [1.165, 1.54) is 193 Å². The third kappa shape index (κ3) is 23.6. The molecule has 0 heterocycles. The van der Waals surface area contributed by atoms with E-state index in [1.807, 2.05) is 69.2 Å². The third-order valence-electron chi connectivity index (χ3n) is 32.6. The van der Waals surface area contributed by atoms with E-state index in [-0.39, 0.29) is 170 Å². The van der Waals surface area contributed by atoms with Crippen LogP contribution >= 0.6 is 0 Å². The summed E-state index contributed by atoms with van der Waals surface area (Å²) in [6.07, 6.45) is 44.7. The van der Waals surface area contributed by atoms with Crippen molar-refractivity contribution in [2.24, 2.45) is 132 Å². The second-order valence-corrected chi connectivity index (χ2v) is 42.5. The van der Waals surface area contributed by atoms with Crippen LogP contribution in [0.25, 0.3) is 0 Å². The van der Waals surface area contributed by atoms with Gasteiger partial charge in [-0.25, -0.2) is 0 Å². The van der Waals surface area contributed by atoms with Crippen LogP contribution in [0.15, 0.2) is 0 Å². The molecule has 10 heteroatoms. The van der Waals surface area contributed by atoms with Crippen molar-refractivity contribution in [2.75, 3.05) is 13.2 Å². The number of fused-ring (bicyclic) bond motifs is 2. The lowest BCUT2D eigenvalue weighted by Gasteiger charge is -2.61. The highest BCUT2D eigenvalue weighted by molar-refractivity contribution is 5.78. The molecule has 0 amide bonds. The van der Waals surface area contributed by atoms with Crippen LogP contribution in [-0.2, 0) is 47.7 Å². The summed E-state index contributed by atoms with van der Waals surface area (Å²) >= 11 is 0. The van der Waals surface area contributed by atoms with Crippen molar-refractivity contribution in [1.29, 1.82) is 0 Å². The van der Waals surface area contributed by atoms with Crippen LogP contribution in [0.5, 0.6) is 0 Å². The van der Waals surface area contributed by atoms with E-state index in [4.69, 9.17) is 23.7 Å². The lowest BCUT2D eigenvalue weighted by atomic mass is 9.46. The third-order valence-corrected chi connectivity index (χ3v) is 32.6. The quantitative estimate of drug-likeness (QED) is 0.0910. The number of esters is 5. The zero-order valence-corrected chi connectivity index (χ0v) is 68.8. The Morgan fingerprint density at radius 3 is 1.09 bits per heavy atom. The van der Waals surface area contributed by atoms with Gasteiger partial charge in [-0.15, -0.1) is 0 Å². The van der Waals surface area contributed by atoms with Crippen molar-refractivity contribution in [2.45, 2.75) is 468 Å². The lowest BCUT2D eigenvalue weighted by Crippen LogP contribution is -2.58. The molecule has 0 aromatic rings. The highest BCUT2D eigenvalue weighted by atomic mass is 16.6. The summed E-state index contributed by atoms with van der Waals surface area (Å²) in [5.74, 6) is 11.9. The summed E-state index contributed by atoms with van der Waals surface area (Å²) in [7, 11) is 0. The summed E-state index contributed by atoms with van der Waals surface area (Å²) in [5, 5.41) is 0. The van der Waals surface area contributed by atoms with Gasteiger partial charge in [0.25, 0.3) is 0 Å². The molecule has 0 aromatic carbocycles. The first kappa shape index (κ1) is 109. The Bertz CT molecular complexity index is 2710. The molecule has 110 heavy (non-hydrogen) atoms. The van der Waals surface area contributed by atoms with Crippen LogP contribution in [0, 0.1) is 132 Å². The molecular weight excluding hydrogens is 1360 g/mol. The highest BCUT2D eigenvalue weighted by Crippen LogP contribution is 2.70. The highest BCUT2D eigenvalue weighted by Gasteiger charge is 2.66. The first-order valence-corrected chi connectivity index (χ1v) is 42.5. The number of ether oxygens (including phenoxy) is 5. The first-order chi connectivity index (χ1) is 46.5. The summed E-state index contributed by atoms with van der Waals surface area (Å²) < 4.78 is 29.8. The molecule has 0 aromatic heterocycles. The monoisotopic (exact) mass is 1560 g/mol.